The van der Waals surface area contributed by atoms with E-state index in [0.29, 0.717) is 21.7 Å². The normalized spacial score (nSPS) is 30.9. The van der Waals surface area contributed by atoms with Crippen LogP contribution in [-0.4, -0.2) is 43.3 Å². The zero-order chi connectivity index (χ0) is 14.8. The minimum absolute atomic E-state index is 0.0325. The Kier molecular flexibility index (Phi) is 2.97. The molecule has 0 aromatic carbocycles. The molecule has 0 aliphatic carbocycles. The van der Waals surface area contributed by atoms with Gasteiger partial charge >= 0.3 is 0 Å². The monoisotopic (exact) mass is 371 g/mol. The fourth-order valence-corrected chi connectivity index (χ4v) is 4.98. The molecule has 7 nitrogen and oxygen atoms in total. The number of aromatic nitrogens is 4. The minimum Gasteiger partial charge on any atom is -0.382 e. The predicted molar refractivity (Wildman–Crippen MR) is 82.8 cm³/mol. The van der Waals surface area contributed by atoms with Crippen molar-refractivity contribution in [3.63, 3.8) is 0 Å². The molecule has 0 radical (unpaired) electrons. The number of nitrogens with zero attached hydrogens (tertiary/aromatic N) is 4. The number of hydrogen-bond donors (Lipinski definition) is 1. The Morgan fingerprint density at radius 2 is 2.24 bits per heavy atom. The quantitative estimate of drug-likeness (QED) is 0.766. The Morgan fingerprint density at radius 3 is 3.05 bits per heavy atom. The van der Waals surface area contributed by atoms with Crippen LogP contribution in [0.15, 0.2) is 11.1 Å². The molecule has 112 valence electrons. The average molecular weight is 372 g/mol. The third-order valence-corrected chi connectivity index (χ3v) is 5.55. The largest absolute Gasteiger partial charge is 0.382 e. The van der Waals surface area contributed by atoms with Crippen molar-refractivity contribution in [2.45, 2.75) is 37.2 Å². The number of imidazole rings is 1. The van der Waals surface area contributed by atoms with Crippen LogP contribution in [0.1, 0.15) is 19.2 Å². The van der Waals surface area contributed by atoms with Gasteiger partial charge in [0, 0.05) is 5.75 Å². The zero-order valence-corrected chi connectivity index (χ0v) is 13.9. The molecule has 2 saturated heterocycles. The van der Waals surface area contributed by atoms with E-state index in [2.05, 4.69) is 30.9 Å². The number of hydrogen-bond acceptors (Lipinski definition) is 7. The minimum atomic E-state index is -0.550. The molecular formula is C12H14BrN5O2S. The number of ether oxygens (including phenoxy) is 2. The second-order valence-electron chi connectivity index (χ2n) is 5.54. The van der Waals surface area contributed by atoms with Crippen molar-refractivity contribution in [2.75, 3.05) is 11.5 Å². The van der Waals surface area contributed by atoms with Gasteiger partial charge in [0.15, 0.2) is 27.5 Å². The molecule has 0 spiro atoms. The number of rotatable bonds is 1. The molecule has 0 amide bonds. The van der Waals surface area contributed by atoms with Crippen LogP contribution in [0.25, 0.3) is 11.2 Å². The molecule has 4 rings (SSSR count). The van der Waals surface area contributed by atoms with Gasteiger partial charge in [-0.15, -0.1) is 11.8 Å². The van der Waals surface area contributed by atoms with Gasteiger partial charge < -0.3 is 15.2 Å². The zero-order valence-electron chi connectivity index (χ0n) is 11.5. The maximum Gasteiger partial charge on any atom is 0.180 e. The van der Waals surface area contributed by atoms with Crippen molar-refractivity contribution >= 4 is 44.7 Å². The highest BCUT2D eigenvalue weighted by Crippen LogP contribution is 2.48. The van der Waals surface area contributed by atoms with E-state index < -0.39 is 5.79 Å². The number of nitrogens with two attached hydrogens (primary N) is 1. The summed E-state index contributed by atoms with van der Waals surface area (Å²) in [6, 6.07) is 0. The molecular weight excluding hydrogens is 358 g/mol. The van der Waals surface area contributed by atoms with Crippen molar-refractivity contribution in [2.24, 2.45) is 0 Å². The van der Waals surface area contributed by atoms with Gasteiger partial charge in [0.25, 0.3) is 0 Å². The first-order chi connectivity index (χ1) is 9.96. The summed E-state index contributed by atoms with van der Waals surface area (Å²) < 4.78 is 14.7. The first-order valence-corrected chi connectivity index (χ1v) is 8.41. The molecule has 4 heterocycles. The van der Waals surface area contributed by atoms with Crippen LogP contribution in [0.4, 0.5) is 5.82 Å². The molecule has 2 aromatic heterocycles. The Hall–Kier alpha value is -0.900. The molecule has 0 bridgehead atoms. The van der Waals surface area contributed by atoms with Crippen molar-refractivity contribution in [3.8, 4) is 0 Å². The smallest absolute Gasteiger partial charge is 0.180 e. The maximum atomic E-state index is 6.06. The van der Waals surface area contributed by atoms with E-state index in [0.717, 1.165) is 5.75 Å². The lowest BCUT2D eigenvalue weighted by atomic mass is 10.2. The van der Waals surface area contributed by atoms with Crippen LogP contribution in [-0.2, 0) is 9.47 Å². The Bertz CT molecular complexity index is 721. The van der Waals surface area contributed by atoms with Gasteiger partial charge in [-0.1, -0.05) is 0 Å². The number of thioether (sulfide) groups is 1. The van der Waals surface area contributed by atoms with Crippen LogP contribution >= 0.6 is 27.7 Å². The van der Waals surface area contributed by atoms with E-state index in [9.17, 15) is 0 Å². The Morgan fingerprint density at radius 1 is 1.43 bits per heavy atom. The topological polar surface area (TPSA) is 88.1 Å². The molecule has 3 atom stereocenters. The van der Waals surface area contributed by atoms with Crippen LogP contribution in [0.3, 0.4) is 0 Å². The highest BCUT2D eigenvalue weighted by atomic mass is 79.9. The number of nitrogen functional groups attached to an aromatic ring is 1. The van der Waals surface area contributed by atoms with Gasteiger partial charge in [0.2, 0.25) is 0 Å². The van der Waals surface area contributed by atoms with Crippen LogP contribution < -0.4 is 5.73 Å². The third kappa shape index (κ3) is 2.06. The fourth-order valence-electron chi connectivity index (χ4n) is 2.87. The van der Waals surface area contributed by atoms with E-state index >= 15 is 0 Å². The maximum absolute atomic E-state index is 6.06. The lowest BCUT2D eigenvalue weighted by Crippen LogP contribution is -2.26. The summed E-state index contributed by atoms with van der Waals surface area (Å²) in [6.45, 7) is 3.88. The lowest BCUT2D eigenvalue weighted by Gasteiger charge is -2.22. The Balaban J connectivity index is 1.81. The lowest BCUT2D eigenvalue weighted by molar-refractivity contribution is -0.146. The van der Waals surface area contributed by atoms with Crippen LogP contribution in [0, 0.1) is 0 Å². The summed E-state index contributed by atoms with van der Waals surface area (Å²) >= 11 is 5.27. The van der Waals surface area contributed by atoms with Crippen LogP contribution in [0.2, 0.25) is 0 Å². The Labute approximate surface area is 133 Å². The number of anilines is 1. The SMILES string of the molecule is CC1(C)O[C@H]2[C@H](n3c(Br)nc4c(N)ncnc43)SC[C@H]2O1. The predicted octanol–water partition coefficient (Wildman–Crippen LogP) is 1.94. The van der Waals surface area contributed by atoms with Crippen molar-refractivity contribution in [1.29, 1.82) is 0 Å². The second-order valence-corrected chi connectivity index (χ2v) is 7.40. The number of fused-ring (bicyclic) bond motifs is 2. The highest BCUT2D eigenvalue weighted by Gasteiger charge is 2.51. The molecule has 2 fully saturated rings. The van der Waals surface area contributed by atoms with Gasteiger partial charge in [-0.3, -0.25) is 4.57 Å². The molecule has 2 aliphatic heterocycles. The van der Waals surface area contributed by atoms with Crippen molar-refractivity contribution in [3.05, 3.63) is 11.1 Å². The highest BCUT2D eigenvalue weighted by molar-refractivity contribution is 9.10. The van der Waals surface area contributed by atoms with E-state index in [1.807, 2.05) is 18.4 Å². The van der Waals surface area contributed by atoms with E-state index in [-0.39, 0.29) is 17.6 Å². The molecule has 2 aromatic rings. The molecule has 21 heavy (non-hydrogen) atoms. The van der Waals surface area contributed by atoms with Crippen LogP contribution in [0.5, 0.6) is 0 Å². The average Bonchev–Trinajstić information content (AvgIpc) is 3.00. The summed E-state index contributed by atoms with van der Waals surface area (Å²) in [5.41, 5.74) is 7.19. The van der Waals surface area contributed by atoms with Gasteiger partial charge in [0.1, 0.15) is 17.8 Å². The molecule has 0 unspecified atom stereocenters. The van der Waals surface area contributed by atoms with Gasteiger partial charge in [-0.2, -0.15) is 0 Å². The third-order valence-electron chi connectivity index (χ3n) is 3.65. The first-order valence-electron chi connectivity index (χ1n) is 6.57. The second kappa shape index (κ2) is 4.55. The van der Waals surface area contributed by atoms with E-state index in [1.54, 1.807) is 11.8 Å². The van der Waals surface area contributed by atoms with Crippen molar-refractivity contribution < 1.29 is 9.47 Å². The summed E-state index contributed by atoms with van der Waals surface area (Å²) in [5, 5.41) is 0.0467. The summed E-state index contributed by atoms with van der Waals surface area (Å²) in [7, 11) is 0. The first kappa shape index (κ1) is 13.7. The van der Waals surface area contributed by atoms with Crippen molar-refractivity contribution in [1.82, 2.24) is 19.5 Å². The molecule has 0 saturated carbocycles. The summed E-state index contributed by atoms with van der Waals surface area (Å²) in [4.78, 5) is 12.7. The van der Waals surface area contributed by atoms with Gasteiger partial charge in [-0.25, -0.2) is 15.0 Å². The number of halogens is 1. The summed E-state index contributed by atoms with van der Waals surface area (Å²) in [5.74, 6) is 0.708. The van der Waals surface area contributed by atoms with Gasteiger partial charge in [-0.05, 0) is 29.8 Å². The fraction of sp³-hybridized carbons (Fsp3) is 0.583. The van der Waals surface area contributed by atoms with E-state index in [1.165, 1.54) is 6.33 Å². The summed E-state index contributed by atoms with van der Waals surface area (Å²) in [6.07, 6.45) is 1.50. The molecule has 9 heteroatoms. The molecule has 2 aliphatic rings. The van der Waals surface area contributed by atoms with E-state index in [4.69, 9.17) is 15.2 Å². The molecule has 2 N–H and O–H groups in total. The standard InChI is InChI=1S/C12H14BrN5O2S/c1-12(2)19-5-3-21-10(7(5)20-12)18-9-6(17-11(18)13)8(14)15-4-16-9/h4-5,7,10H,3H2,1-2H3,(H2,14,15,16)/t5-,7-,10-/m1/s1. The van der Waals surface area contributed by atoms with Gasteiger partial charge in [0.05, 0.1) is 6.10 Å².